The van der Waals surface area contributed by atoms with Gasteiger partial charge in [-0.25, -0.2) is 0 Å². The van der Waals surface area contributed by atoms with Crippen LogP contribution in [0, 0.1) is 17.8 Å². The lowest BCUT2D eigenvalue weighted by atomic mass is 9.88. The van der Waals surface area contributed by atoms with E-state index in [4.69, 9.17) is 4.74 Å². The first-order chi connectivity index (χ1) is 12.7. The molecule has 1 saturated heterocycles. The van der Waals surface area contributed by atoms with Gasteiger partial charge in [0.1, 0.15) is 5.75 Å². The van der Waals surface area contributed by atoms with E-state index in [0.717, 1.165) is 30.0 Å². The van der Waals surface area contributed by atoms with E-state index in [-0.39, 0.29) is 6.10 Å². The van der Waals surface area contributed by atoms with Crippen LogP contribution in [-0.2, 0) is 6.42 Å². The standard InChI is InChI=1S/C13H20O.C12H25N/c1-10(2)9-12-5-7-13(8-6-12)14-11(3)4;1-10(2)9-12-5-7-13(8-6-12)11(3)4/h5-8,10-11H,9H2,1-4H3;10-12H,5-9H2,1-4H3. The van der Waals surface area contributed by atoms with Crippen molar-refractivity contribution < 1.29 is 4.74 Å². The van der Waals surface area contributed by atoms with Crippen LogP contribution in [0.1, 0.15) is 80.2 Å². The zero-order valence-corrected chi connectivity index (χ0v) is 19.3. The summed E-state index contributed by atoms with van der Waals surface area (Å²) in [4.78, 5) is 2.61. The summed E-state index contributed by atoms with van der Waals surface area (Å²) in [6, 6.07) is 9.16. The van der Waals surface area contributed by atoms with Gasteiger partial charge in [-0.2, -0.15) is 0 Å². The van der Waals surface area contributed by atoms with E-state index in [0.29, 0.717) is 5.92 Å². The Labute approximate surface area is 169 Å². The fourth-order valence-electron chi connectivity index (χ4n) is 3.82. The van der Waals surface area contributed by atoms with Gasteiger partial charge in [0.05, 0.1) is 6.10 Å². The van der Waals surface area contributed by atoms with Gasteiger partial charge >= 0.3 is 0 Å². The van der Waals surface area contributed by atoms with E-state index in [9.17, 15) is 0 Å². The van der Waals surface area contributed by atoms with Gasteiger partial charge in [0.2, 0.25) is 0 Å². The summed E-state index contributed by atoms with van der Waals surface area (Å²) in [6.07, 6.45) is 5.69. The van der Waals surface area contributed by atoms with Gasteiger partial charge in [-0.3, -0.25) is 0 Å². The summed E-state index contributed by atoms with van der Waals surface area (Å²) in [5.74, 6) is 3.57. The molecule has 1 heterocycles. The van der Waals surface area contributed by atoms with E-state index in [1.807, 2.05) is 13.8 Å². The molecule has 0 atom stereocenters. The molecule has 2 rings (SSSR count). The highest BCUT2D eigenvalue weighted by Crippen LogP contribution is 2.24. The van der Waals surface area contributed by atoms with Crippen LogP contribution < -0.4 is 4.74 Å². The van der Waals surface area contributed by atoms with E-state index in [2.05, 4.69) is 70.7 Å². The molecule has 0 aliphatic carbocycles. The highest BCUT2D eigenvalue weighted by Gasteiger charge is 2.20. The van der Waals surface area contributed by atoms with Crippen LogP contribution in [0.2, 0.25) is 0 Å². The second kappa shape index (κ2) is 12.4. The van der Waals surface area contributed by atoms with Crippen LogP contribution in [0.15, 0.2) is 24.3 Å². The van der Waals surface area contributed by atoms with Gasteiger partial charge in [0.25, 0.3) is 0 Å². The molecule has 0 radical (unpaired) electrons. The Hall–Kier alpha value is -1.02. The van der Waals surface area contributed by atoms with Crippen molar-refractivity contribution in [1.82, 2.24) is 4.90 Å². The van der Waals surface area contributed by atoms with Crippen LogP contribution in [-0.4, -0.2) is 30.1 Å². The predicted octanol–water partition coefficient (Wildman–Crippen LogP) is 6.83. The lowest BCUT2D eigenvalue weighted by Crippen LogP contribution is -2.38. The zero-order valence-electron chi connectivity index (χ0n) is 19.3. The Balaban J connectivity index is 0.000000271. The Kier molecular flexibility index (Phi) is 11.1. The molecule has 0 N–H and O–H groups in total. The third kappa shape index (κ3) is 10.8. The minimum Gasteiger partial charge on any atom is -0.491 e. The van der Waals surface area contributed by atoms with Crippen molar-refractivity contribution in [2.24, 2.45) is 17.8 Å². The van der Waals surface area contributed by atoms with Crippen molar-refractivity contribution >= 4 is 0 Å². The third-order valence-electron chi connectivity index (χ3n) is 5.12. The Bertz CT molecular complexity index is 453. The molecule has 0 aromatic heterocycles. The fraction of sp³-hybridized carbons (Fsp3) is 0.760. The number of benzene rings is 1. The molecule has 0 bridgehead atoms. The summed E-state index contributed by atoms with van der Waals surface area (Å²) in [6.45, 7) is 20.5. The SMILES string of the molecule is CC(C)CC1CCN(C(C)C)CC1.CC(C)Cc1ccc(OC(C)C)cc1. The minimum atomic E-state index is 0.256. The summed E-state index contributed by atoms with van der Waals surface area (Å²) >= 11 is 0. The van der Waals surface area contributed by atoms with E-state index in [1.165, 1.54) is 37.9 Å². The molecule has 2 heteroatoms. The lowest BCUT2D eigenvalue weighted by Gasteiger charge is -2.35. The molecule has 27 heavy (non-hydrogen) atoms. The number of hydrogen-bond acceptors (Lipinski definition) is 2. The molecule has 1 aromatic carbocycles. The topological polar surface area (TPSA) is 12.5 Å². The molecule has 156 valence electrons. The van der Waals surface area contributed by atoms with Crippen LogP contribution in [0.4, 0.5) is 0 Å². The molecule has 0 amide bonds. The average molecular weight is 376 g/mol. The van der Waals surface area contributed by atoms with Crippen LogP contribution >= 0.6 is 0 Å². The largest absolute Gasteiger partial charge is 0.491 e. The Morgan fingerprint density at radius 2 is 1.41 bits per heavy atom. The van der Waals surface area contributed by atoms with Gasteiger partial charge in [-0.15, -0.1) is 0 Å². The summed E-state index contributed by atoms with van der Waals surface area (Å²) in [7, 11) is 0. The van der Waals surface area contributed by atoms with Gasteiger partial charge in [0, 0.05) is 6.04 Å². The molecule has 1 aliphatic rings. The monoisotopic (exact) mass is 375 g/mol. The average Bonchev–Trinajstić information content (AvgIpc) is 2.56. The number of nitrogens with zero attached hydrogens (tertiary/aromatic N) is 1. The number of hydrogen-bond donors (Lipinski definition) is 0. The molecule has 2 nitrogen and oxygen atoms in total. The predicted molar refractivity (Wildman–Crippen MR) is 120 cm³/mol. The minimum absolute atomic E-state index is 0.256. The molecular weight excluding hydrogens is 330 g/mol. The molecule has 1 fully saturated rings. The first kappa shape index (κ1) is 24.0. The maximum absolute atomic E-state index is 5.57. The summed E-state index contributed by atoms with van der Waals surface area (Å²) in [5, 5.41) is 0. The van der Waals surface area contributed by atoms with Crippen molar-refractivity contribution in [3.63, 3.8) is 0 Å². The normalized spacial score (nSPS) is 16.1. The van der Waals surface area contributed by atoms with E-state index >= 15 is 0 Å². The van der Waals surface area contributed by atoms with E-state index in [1.54, 1.807) is 0 Å². The van der Waals surface area contributed by atoms with Gasteiger partial charge in [-0.1, -0.05) is 39.8 Å². The first-order valence-electron chi connectivity index (χ1n) is 11.2. The second-order valence-corrected chi connectivity index (χ2v) is 9.61. The smallest absolute Gasteiger partial charge is 0.119 e. The van der Waals surface area contributed by atoms with Gasteiger partial charge < -0.3 is 9.64 Å². The zero-order chi connectivity index (χ0) is 20.4. The van der Waals surface area contributed by atoms with Crippen molar-refractivity contribution in [2.45, 2.75) is 93.2 Å². The van der Waals surface area contributed by atoms with Gasteiger partial charge in [-0.05, 0) is 102 Å². The molecule has 0 spiro atoms. The van der Waals surface area contributed by atoms with E-state index < -0.39 is 0 Å². The Morgan fingerprint density at radius 1 is 0.852 bits per heavy atom. The van der Waals surface area contributed by atoms with Crippen molar-refractivity contribution in [2.75, 3.05) is 13.1 Å². The first-order valence-corrected chi connectivity index (χ1v) is 11.2. The van der Waals surface area contributed by atoms with Crippen molar-refractivity contribution in [3.05, 3.63) is 29.8 Å². The Morgan fingerprint density at radius 3 is 1.81 bits per heavy atom. The summed E-state index contributed by atoms with van der Waals surface area (Å²) in [5.41, 5.74) is 1.39. The number of ether oxygens (including phenoxy) is 1. The second-order valence-electron chi connectivity index (χ2n) is 9.61. The molecule has 0 saturated carbocycles. The fourth-order valence-corrected chi connectivity index (χ4v) is 3.82. The van der Waals surface area contributed by atoms with Crippen LogP contribution in [0.5, 0.6) is 5.75 Å². The van der Waals surface area contributed by atoms with Crippen molar-refractivity contribution in [3.8, 4) is 5.75 Å². The van der Waals surface area contributed by atoms with Crippen LogP contribution in [0.3, 0.4) is 0 Å². The number of piperidine rings is 1. The number of likely N-dealkylation sites (tertiary alicyclic amines) is 1. The maximum atomic E-state index is 5.57. The maximum Gasteiger partial charge on any atom is 0.119 e. The lowest BCUT2D eigenvalue weighted by molar-refractivity contribution is 0.139. The highest BCUT2D eigenvalue weighted by atomic mass is 16.5. The third-order valence-corrected chi connectivity index (χ3v) is 5.12. The molecule has 0 unspecified atom stereocenters. The summed E-state index contributed by atoms with van der Waals surface area (Å²) < 4.78 is 5.57. The molecular formula is C25H45NO. The quantitative estimate of drug-likeness (QED) is 0.518. The number of rotatable bonds is 7. The molecule has 1 aromatic rings. The van der Waals surface area contributed by atoms with Crippen molar-refractivity contribution in [1.29, 1.82) is 0 Å². The molecule has 1 aliphatic heterocycles. The highest BCUT2D eigenvalue weighted by molar-refractivity contribution is 5.27. The van der Waals surface area contributed by atoms with Gasteiger partial charge in [0.15, 0.2) is 0 Å². The van der Waals surface area contributed by atoms with Crippen LogP contribution in [0.25, 0.3) is 0 Å².